The first kappa shape index (κ1) is 22.6. The van der Waals surface area contributed by atoms with Gasteiger partial charge in [0.2, 0.25) is 5.91 Å². The van der Waals surface area contributed by atoms with Gasteiger partial charge in [0.25, 0.3) is 5.91 Å². The molecule has 146 valence electrons. The predicted octanol–water partition coefficient (Wildman–Crippen LogP) is 1.40. The number of piperidine rings is 1. The van der Waals surface area contributed by atoms with Gasteiger partial charge in [-0.25, -0.2) is 4.98 Å². The third-order valence-electron chi connectivity index (χ3n) is 4.45. The minimum absolute atomic E-state index is 0. The lowest BCUT2D eigenvalue weighted by molar-refractivity contribution is -0.147. The summed E-state index contributed by atoms with van der Waals surface area (Å²) in [6.45, 7) is 4.88. The number of pyridine rings is 1. The summed E-state index contributed by atoms with van der Waals surface area (Å²) in [7, 11) is 0. The van der Waals surface area contributed by atoms with Gasteiger partial charge in [-0.15, -0.1) is 24.8 Å². The van der Waals surface area contributed by atoms with Gasteiger partial charge in [0.05, 0.1) is 12.5 Å². The lowest BCUT2D eigenvalue weighted by Crippen LogP contribution is -2.52. The molecule has 2 saturated heterocycles. The van der Waals surface area contributed by atoms with Crippen molar-refractivity contribution in [2.24, 2.45) is 5.92 Å². The molecular formula is C17H26Cl2N4O3. The third kappa shape index (κ3) is 5.81. The molecule has 2 aliphatic heterocycles. The first-order valence-electron chi connectivity index (χ1n) is 8.49. The number of nitrogens with one attached hydrogen (secondary N) is 2. The highest BCUT2D eigenvalue weighted by atomic mass is 35.5. The molecule has 2 atom stereocenters. The number of halogens is 2. The third-order valence-corrected chi connectivity index (χ3v) is 4.45. The minimum Gasteiger partial charge on any atom is -0.366 e. The van der Waals surface area contributed by atoms with Gasteiger partial charge < -0.3 is 20.3 Å². The molecule has 2 amide bonds. The number of amides is 2. The van der Waals surface area contributed by atoms with Crippen LogP contribution in [0.5, 0.6) is 0 Å². The molecule has 0 spiro atoms. The molecule has 0 aliphatic carbocycles. The molecule has 2 fully saturated rings. The van der Waals surface area contributed by atoms with Crippen molar-refractivity contribution in [2.75, 3.05) is 38.1 Å². The fourth-order valence-electron chi connectivity index (χ4n) is 3.16. The standard InChI is InChI=1S/C17H24N4O3.2ClH/c1-12-4-2-6-15(19-12)20-16(22)13-5-3-8-21(11-13)17(23)14-10-18-7-9-24-14;;/h2,4,6,13-14,18H,3,5,7-11H2,1H3,(H,19,20,22);2*1H. The van der Waals surface area contributed by atoms with E-state index in [0.717, 1.165) is 25.1 Å². The van der Waals surface area contributed by atoms with E-state index in [4.69, 9.17) is 4.74 Å². The van der Waals surface area contributed by atoms with Crippen molar-refractivity contribution in [3.63, 3.8) is 0 Å². The Bertz CT molecular complexity index is 611. The van der Waals surface area contributed by atoms with Crippen molar-refractivity contribution in [1.29, 1.82) is 0 Å². The Balaban J connectivity index is 0.00000169. The Morgan fingerprint density at radius 3 is 2.85 bits per heavy atom. The molecule has 0 saturated carbocycles. The van der Waals surface area contributed by atoms with E-state index in [0.29, 0.717) is 32.1 Å². The monoisotopic (exact) mass is 404 g/mol. The van der Waals surface area contributed by atoms with Crippen LogP contribution in [0, 0.1) is 12.8 Å². The molecule has 7 nitrogen and oxygen atoms in total. The topological polar surface area (TPSA) is 83.6 Å². The van der Waals surface area contributed by atoms with Gasteiger partial charge in [-0.3, -0.25) is 9.59 Å². The van der Waals surface area contributed by atoms with E-state index in [2.05, 4.69) is 15.6 Å². The molecule has 1 aromatic heterocycles. The summed E-state index contributed by atoms with van der Waals surface area (Å²) in [4.78, 5) is 31.1. The first-order chi connectivity index (χ1) is 11.6. The van der Waals surface area contributed by atoms with Crippen LogP contribution in [-0.4, -0.2) is 60.6 Å². The highest BCUT2D eigenvalue weighted by Gasteiger charge is 2.33. The van der Waals surface area contributed by atoms with Gasteiger partial charge in [0.1, 0.15) is 11.9 Å². The van der Waals surface area contributed by atoms with Crippen LogP contribution in [-0.2, 0) is 14.3 Å². The van der Waals surface area contributed by atoms with Crippen molar-refractivity contribution >= 4 is 42.4 Å². The van der Waals surface area contributed by atoms with Gasteiger partial charge in [-0.05, 0) is 31.9 Å². The summed E-state index contributed by atoms with van der Waals surface area (Å²) in [5.74, 6) is 0.256. The van der Waals surface area contributed by atoms with E-state index < -0.39 is 6.10 Å². The SMILES string of the molecule is Cc1cccc(NC(=O)C2CCCN(C(=O)C3CNCCO3)C2)n1.Cl.Cl. The summed E-state index contributed by atoms with van der Waals surface area (Å²) in [6.07, 6.45) is 1.18. The second-order valence-corrected chi connectivity index (χ2v) is 6.34. The van der Waals surface area contributed by atoms with E-state index >= 15 is 0 Å². The summed E-state index contributed by atoms with van der Waals surface area (Å²) in [6, 6.07) is 5.52. The number of hydrogen-bond donors (Lipinski definition) is 2. The normalized spacial score (nSPS) is 22.6. The van der Waals surface area contributed by atoms with E-state index in [-0.39, 0.29) is 42.5 Å². The van der Waals surface area contributed by atoms with E-state index in [1.807, 2.05) is 19.1 Å². The van der Waals surface area contributed by atoms with Crippen LogP contribution < -0.4 is 10.6 Å². The van der Waals surface area contributed by atoms with Gasteiger partial charge in [-0.1, -0.05) is 6.07 Å². The van der Waals surface area contributed by atoms with E-state index in [1.54, 1.807) is 11.0 Å². The van der Waals surface area contributed by atoms with Crippen LogP contribution in [0.4, 0.5) is 5.82 Å². The number of nitrogens with zero attached hydrogens (tertiary/aromatic N) is 2. The fourth-order valence-corrected chi connectivity index (χ4v) is 3.16. The van der Waals surface area contributed by atoms with Crippen LogP contribution in [0.1, 0.15) is 18.5 Å². The lowest BCUT2D eigenvalue weighted by Gasteiger charge is -2.35. The molecule has 0 radical (unpaired) electrons. The van der Waals surface area contributed by atoms with Gasteiger partial charge >= 0.3 is 0 Å². The molecule has 0 bridgehead atoms. The maximum absolute atomic E-state index is 12.5. The molecule has 3 rings (SSSR count). The Hall–Kier alpha value is -1.41. The van der Waals surface area contributed by atoms with Crippen LogP contribution >= 0.6 is 24.8 Å². The molecule has 1 aromatic rings. The largest absolute Gasteiger partial charge is 0.366 e. The molecule has 9 heteroatoms. The number of carbonyl (C=O) groups is 2. The Morgan fingerprint density at radius 1 is 1.35 bits per heavy atom. The highest BCUT2D eigenvalue weighted by Crippen LogP contribution is 2.20. The quantitative estimate of drug-likeness (QED) is 0.795. The van der Waals surface area contributed by atoms with Gasteiger partial charge in [0, 0.05) is 31.9 Å². The van der Waals surface area contributed by atoms with Crippen LogP contribution in [0.15, 0.2) is 18.2 Å². The number of aryl methyl sites for hydroxylation is 1. The Kier molecular flexibility index (Phi) is 9.29. The maximum Gasteiger partial charge on any atom is 0.253 e. The van der Waals surface area contributed by atoms with E-state index in [1.165, 1.54) is 0 Å². The predicted molar refractivity (Wildman–Crippen MR) is 104 cm³/mol. The van der Waals surface area contributed by atoms with Crippen molar-refractivity contribution in [1.82, 2.24) is 15.2 Å². The fraction of sp³-hybridized carbons (Fsp3) is 0.588. The molecule has 26 heavy (non-hydrogen) atoms. The second-order valence-electron chi connectivity index (χ2n) is 6.34. The smallest absolute Gasteiger partial charge is 0.253 e. The van der Waals surface area contributed by atoms with Gasteiger partial charge in [0.15, 0.2) is 0 Å². The molecule has 2 unspecified atom stereocenters. The van der Waals surface area contributed by atoms with Crippen LogP contribution in [0.2, 0.25) is 0 Å². The minimum atomic E-state index is -0.431. The number of hydrogen-bond acceptors (Lipinski definition) is 5. The molecule has 2 aliphatic rings. The van der Waals surface area contributed by atoms with Gasteiger partial charge in [-0.2, -0.15) is 0 Å². The summed E-state index contributed by atoms with van der Waals surface area (Å²) in [5, 5.41) is 6.03. The molecule has 0 aromatic carbocycles. The number of rotatable bonds is 3. The molecule has 2 N–H and O–H groups in total. The van der Waals surface area contributed by atoms with Crippen molar-refractivity contribution in [2.45, 2.75) is 25.9 Å². The van der Waals surface area contributed by atoms with E-state index in [9.17, 15) is 9.59 Å². The average Bonchev–Trinajstić information content (AvgIpc) is 2.62. The number of aromatic nitrogens is 1. The van der Waals surface area contributed by atoms with Crippen molar-refractivity contribution < 1.29 is 14.3 Å². The maximum atomic E-state index is 12.5. The van der Waals surface area contributed by atoms with Crippen molar-refractivity contribution in [3.05, 3.63) is 23.9 Å². The summed E-state index contributed by atoms with van der Waals surface area (Å²) in [5.41, 5.74) is 0.857. The molecular weight excluding hydrogens is 379 g/mol. The van der Waals surface area contributed by atoms with Crippen molar-refractivity contribution in [3.8, 4) is 0 Å². The second kappa shape index (κ2) is 10.7. The number of morpholine rings is 1. The number of carbonyl (C=O) groups excluding carboxylic acids is 2. The lowest BCUT2D eigenvalue weighted by atomic mass is 9.96. The zero-order valence-electron chi connectivity index (χ0n) is 14.8. The first-order valence-corrected chi connectivity index (χ1v) is 8.49. The summed E-state index contributed by atoms with van der Waals surface area (Å²) >= 11 is 0. The average molecular weight is 405 g/mol. The Morgan fingerprint density at radius 2 is 2.15 bits per heavy atom. The van der Waals surface area contributed by atoms with Crippen LogP contribution in [0.25, 0.3) is 0 Å². The summed E-state index contributed by atoms with van der Waals surface area (Å²) < 4.78 is 5.53. The highest BCUT2D eigenvalue weighted by molar-refractivity contribution is 5.92. The Labute approximate surface area is 166 Å². The zero-order chi connectivity index (χ0) is 16.9. The number of ether oxygens (including phenoxy) is 1. The zero-order valence-corrected chi connectivity index (χ0v) is 16.4. The number of likely N-dealkylation sites (tertiary alicyclic amines) is 1. The number of anilines is 1. The van der Waals surface area contributed by atoms with Crippen LogP contribution in [0.3, 0.4) is 0 Å². The molecule has 3 heterocycles.